The van der Waals surface area contributed by atoms with E-state index in [9.17, 15) is 9.18 Å². The zero-order valence-corrected chi connectivity index (χ0v) is 13.1. The molecule has 1 amide bonds. The van der Waals surface area contributed by atoms with Crippen LogP contribution in [-0.4, -0.2) is 29.9 Å². The number of rotatable bonds is 5. The molecule has 21 heavy (non-hydrogen) atoms. The van der Waals surface area contributed by atoms with Crippen LogP contribution in [0.25, 0.3) is 0 Å². The Hall–Kier alpha value is -1.13. The lowest BCUT2D eigenvalue weighted by atomic mass is 9.98. The van der Waals surface area contributed by atoms with E-state index in [1.165, 1.54) is 18.9 Å². The molecule has 1 aliphatic rings. The quantitative estimate of drug-likeness (QED) is 0.904. The minimum atomic E-state index is -0.374. The number of amides is 1. The van der Waals surface area contributed by atoms with Gasteiger partial charge >= 0.3 is 0 Å². The number of nitrogens with zero attached hydrogens (tertiary/aromatic N) is 1. The number of hydrogen-bond donors (Lipinski definition) is 1. The Kier molecular flexibility index (Phi) is 6.00. The molecule has 0 aromatic heterocycles. The van der Waals surface area contributed by atoms with Crippen molar-refractivity contribution in [1.29, 1.82) is 0 Å². The maximum Gasteiger partial charge on any atom is 0.216 e. The van der Waals surface area contributed by atoms with Gasteiger partial charge in [0.2, 0.25) is 5.91 Å². The van der Waals surface area contributed by atoms with Gasteiger partial charge in [0.15, 0.2) is 0 Å². The first-order valence-corrected chi connectivity index (χ1v) is 7.86. The van der Waals surface area contributed by atoms with Crippen molar-refractivity contribution in [2.75, 3.05) is 13.1 Å². The van der Waals surface area contributed by atoms with E-state index in [-0.39, 0.29) is 16.7 Å². The first-order chi connectivity index (χ1) is 10.1. The summed E-state index contributed by atoms with van der Waals surface area (Å²) < 4.78 is 13.2. The molecule has 0 saturated carbocycles. The van der Waals surface area contributed by atoms with Crippen LogP contribution < -0.4 is 5.32 Å². The third kappa shape index (κ3) is 4.97. The van der Waals surface area contributed by atoms with Gasteiger partial charge in [-0.05, 0) is 43.5 Å². The fourth-order valence-corrected chi connectivity index (χ4v) is 3.09. The summed E-state index contributed by atoms with van der Waals surface area (Å²) in [6, 6.07) is 5.39. The fourth-order valence-electron chi connectivity index (χ4n) is 2.88. The number of benzene rings is 1. The largest absolute Gasteiger partial charge is 0.356 e. The molecule has 1 atom stereocenters. The minimum Gasteiger partial charge on any atom is -0.356 e. The highest BCUT2D eigenvalue weighted by Gasteiger charge is 2.22. The van der Waals surface area contributed by atoms with Crippen molar-refractivity contribution in [3.8, 4) is 0 Å². The Balaban J connectivity index is 1.94. The lowest BCUT2D eigenvalue weighted by Gasteiger charge is -2.36. The van der Waals surface area contributed by atoms with Crippen LogP contribution >= 0.6 is 11.6 Å². The summed E-state index contributed by atoms with van der Waals surface area (Å²) in [6.45, 7) is 4.07. The van der Waals surface area contributed by atoms with E-state index in [1.54, 1.807) is 19.1 Å². The number of piperidine rings is 1. The third-order valence-corrected chi connectivity index (χ3v) is 4.26. The minimum absolute atomic E-state index is 0.0164. The highest BCUT2D eigenvalue weighted by Crippen LogP contribution is 2.23. The van der Waals surface area contributed by atoms with Crippen molar-refractivity contribution < 1.29 is 9.18 Å². The van der Waals surface area contributed by atoms with Crippen LogP contribution in [0.15, 0.2) is 18.2 Å². The molecule has 1 aromatic rings. The standard InChI is InChI=1S/C16H22ClFN2O/c1-12(21)19-8-7-14-4-2-3-9-20(14)11-13-5-6-16(18)15(17)10-13/h5-6,10,14H,2-4,7-9,11H2,1H3,(H,19,21). The summed E-state index contributed by atoms with van der Waals surface area (Å²) in [5.41, 5.74) is 1.04. The van der Waals surface area contributed by atoms with E-state index in [0.29, 0.717) is 12.6 Å². The predicted octanol–water partition coefficient (Wildman–Crippen LogP) is 3.36. The van der Waals surface area contributed by atoms with E-state index in [1.807, 2.05) is 0 Å². The number of hydrogen-bond acceptors (Lipinski definition) is 2. The zero-order valence-electron chi connectivity index (χ0n) is 12.4. The van der Waals surface area contributed by atoms with Gasteiger partial charge in [-0.3, -0.25) is 9.69 Å². The van der Waals surface area contributed by atoms with E-state index in [4.69, 9.17) is 11.6 Å². The predicted molar refractivity (Wildman–Crippen MR) is 82.8 cm³/mol. The van der Waals surface area contributed by atoms with Crippen molar-refractivity contribution in [2.45, 2.75) is 45.2 Å². The summed E-state index contributed by atoms with van der Waals surface area (Å²) in [5, 5.41) is 3.04. The zero-order chi connectivity index (χ0) is 15.2. The van der Waals surface area contributed by atoms with Gasteiger partial charge in [0, 0.05) is 26.1 Å². The van der Waals surface area contributed by atoms with Crippen molar-refractivity contribution in [3.05, 3.63) is 34.6 Å². The summed E-state index contributed by atoms with van der Waals surface area (Å²) in [7, 11) is 0. The highest BCUT2D eigenvalue weighted by molar-refractivity contribution is 6.30. The summed E-state index contributed by atoms with van der Waals surface area (Å²) in [6.07, 6.45) is 4.51. The molecule has 1 aliphatic heterocycles. The Morgan fingerprint density at radius 1 is 1.48 bits per heavy atom. The fraction of sp³-hybridized carbons (Fsp3) is 0.562. The number of carbonyl (C=O) groups is 1. The van der Waals surface area contributed by atoms with Crippen molar-refractivity contribution in [1.82, 2.24) is 10.2 Å². The van der Waals surface area contributed by atoms with Crippen molar-refractivity contribution in [2.24, 2.45) is 0 Å². The normalized spacial score (nSPS) is 19.5. The topological polar surface area (TPSA) is 32.3 Å². The van der Waals surface area contributed by atoms with Gasteiger partial charge in [-0.15, -0.1) is 0 Å². The Labute approximate surface area is 130 Å². The highest BCUT2D eigenvalue weighted by atomic mass is 35.5. The number of halogens is 2. The van der Waals surface area contributed by atoms with Gasteiger partial charge in [-0.1, -0.05) is 24.1 Å². The van der Waals surface area contributed by atoms with Gasteiger partial charge in [0.1, 0.15) is 5.82 Å². The van der Waals surface area contributed by atoms with Crippen molar-refractivity contribution in [3.63, 3.8) is 0 Å². The van der Waals surface area contributed by atoms with Crippen molar-refractivity contribution >= 4 is 17.5 Å². The van der Waals surface area contributed by atoms with Crippen LogP contribution in [0.4, 0.5) is 4.39 Å². The summed E-state index contributed by atoms with van der Waals surface area (Å²) in [4.78, 5) is 13.4. The molecule has 1 aromatic carbocycles. The van der Waals surface area contributed by atoms with Gasteiger partial charge < -0.3 is 5.32 Å². The number of likely N-dealkylation sites (tertiary alicyclic amines) is 1. The van der Waals surface area contributed by atoms with E-state index >= 15 is 0 Å². The summed E-state index contributed by atoms with van der Waals surface area (Å²) in [5.74, 6) is -0.357. The first kappa shape index (κ1) is 16.2. The van der Waals surface area contributed by atoms with Crippen LogP contribution in [0.3, 0.4) is 0 Å². The molecule has 1 heterocycles. The monoisotopic (exact) mass is 312 g/mol. The van der Waals surface area contributed by atoms with Gasteiger partial charge in [-0.25, -0.2) is 4.39 Å². The lowest BCUT2D eigenvalue weighted by Crippen LogP contribution is -2.41. The van der Waals surface area contributed by atoms with E-state index < -0.39 is 0 Å². The van der Waals surface area contributed by atoms with E-state index in [0.717, 1.165) is 31.5 Å². The number of nitrogens with one attached hydrogen (secondary N) is 1. The second-order valence-electron chi connectivity index (χ2n) is 5.64. The van der Waals surface area contributed by atoms with Gasteiger partial charge in [0.05, 0.1) is 5.02 Å². The molecule has 116 valence electrons. The second kappa shape index (κ2) is 7.76. The molecule has 1 unspecified atom stereocenters. The molecule has 1 N–H and O–H groups in total. The Morgan fingerprint density at radius 2 is 2.29 bits per heavy atom. The first-order valence-electron chi connectivity index (χ1n) is 7.48. The molecular weight excluding hydrogens is 291 g/mol. The SMILES string of the molecule is CC(=O)NCCC1CCCCN1Cc1ccc(F)c(Cl)c1. The molecule has 3 nitrogen and oxygen atoms in total. The average Bonchev–Trinajstić information content (AvgIpc) is 2.44. The maximum atomic E-state index is 13.2. The molecule has 5 heteroatoms. The van der Waals surface area contributed by atoms with E-state index in [2.05, 4.69) is 10.2 Å². The van der Waals surface area contributed by atoms with Crippen LogP contribution in [0.2, 0.25) is 5.02 Å². The third-order valence-electron chi connectivity index (χ3n) is 3.97. The molecular formula is C16H22ClFN2O. The van der Waals surface area contributed by atoms with Crippen LogP contribution in [0.5, 0.6) is 0 Å². The summed E-state index contributed by atoms with van der Waals surface area (Å²) >= 11 is 5.85. The number of carbonyl (C=O) groups excluding carboxylic acids is 1. The molecule has 2 rings (SSSR count). The Bertz CT molecular complexity index is 495. The van der Waals surface area contributed by atoms with Gasteiger partial charge in [-0.2, -0.15) is 0 Å². The molecule has 1 fully saturated rings. The molecule has 0 radical (unpaired) electrons. The molecule has 0 bridgehead atoms. The van der Waals surface area contributed by atoms with Crippen LogP contribution in [0, 0.1) is 5.82 Å². The molecule has 0 aliphatic carbocycles. The lowest BCUT2D eigenvalue weighted by molar-refractivity contribution is -0.119. The van der Waals surface area contributed by atoms with Crippen LogP contribution in [0.1, 0.15) is 38.2 Å². The van der Waals surface area contributed by atoms with Gasteiger partial charge in [0.25, 0.3) is 0 Å². The van der Waals surface area contributed by atoms with Crippen LogP contribution in [-0.2, 0) is 11.3 Å². The smallest absolute Gasteiger partial charge is 0.216 e. The second-order valence-corrected chi connectivity index (χ2v) is 6.05. The average molecular weight is 313 g/mol. The molecule has 0 spiro atoms. The molecule has 1 saturated heterocycles. The maximum absolute atomic E-state index is 13.2. The Morgan fingerprint density at radius 3 is 3.00 bits per heavy atom.